The average Bonchev–Trinajstić information content (AvgIpc) is 3.55. The Hall–Kier alpha value is -5.22. The van der Waals surface area contributed by atoms with Crippen LogP contribution in [-0.4, -0.2) is 9.13 Å². The van der Waals surface area contributed by atoms with Gasteiger partial charge in [0.25, 0.3) is 0 Å². The molecule has 4 aromatic carbocycles. The number of para-hydroxylation sites is 2. The Morgan fingerprint density at radius 3 is 2.05 bits per heavy atom. The van der Waals surface area contributed by atoms with Gasteiger partial charge in [-0.2, -0.15) is 0 Å². The summed E-state index contributed by atoms with van der Waals surface area (Å²) in [5.74, 6) is 0. The molecule has 1 aliphatic rings. The molecule has 4 N–H and O–H groups in total. The summed E-state index contributed by atoms with van der Waals surface area (Å²) < 4.78 is 4.41. The van der Waals surface area contributed by atoms with Crippen molar-refractivity contribution in [3.05, 3.63) is 133 Å². The Morgan fingerprint density at radius 2 is 1.29 bits per heavy atom. The highest BCUT2D eigenvalue weighted by molar-refractivity contribution is 6.05. The van der Waals surface area contributed by atoms with Gasteiger partial charge in [-0.05, 0) is 58.7 Å². The van der Waals surface area contributed by atoms with Crippen molar-refractivity contribution in [1.82, 2.24) is 9.13 Å². The summed E-state index contributed by atoms with van der Waals surface area (Å²) in [6.07, 6.45) is 3.67. The number of hydrogen-bond acceptors (Lipinski definition) is 2. The molecule has 0 saturated heterocycles. The van der Waals surface area contributed by atoms with Gasteiger partial charge < -0.3 is 20.6 Å². The maximum atomic E-state index is 7.02. The summed E-state index contributed by atoms with van der Waals surface area (Å²) in [6, 6.07) is 33.9. The first-order chi connectivity index (χ1) is 19.9. The van der Waals surface area contributed by atoms with E-state index in [1.165, 1.54) is 22.3 Å². The third-order valence-electron chi connectivity index (χ3n) is 8.66. The van der Waals surface area contributed by atoms with Gasteiger partial charge in [-0.3, -0.25) is 0 Å². The summed E-state index contributed by atoms with van der Waals surface area (Å²) >= 11 is 0. The number of aromatic nitrogens is 2. The van der Waals surface area contributed by atoms with Crippen molar-refractivity contribution in [2.24, 2.45) is 0 Å². The van der Waals surface area contributed by atoms with Gasteiger partial charge >= 0.3 is 0 Å². The molecule has 41 heavy (non-hydrogen) atoms. The largest absolute Gasteiger partial charge is 0.396 e. The van der Waals surface area contributed by atoms with E-state index in [9.17, 15) is 0 Å². The van der Waals surface area contributed by atoms with Gasteiger partial charge in [-0.25, -0.2) is 0 Å². The number of nitrogens with two attached hydrogens (primary N) is 2. The van der Waals surface area contributed by atoms with Gasteiger partial charge in [0.15, 0.2) is 0 Å². The molecular weight excluding hydrogens is 500 g/mol. The molecule has 0 atom stereocenters. The van der Waals surface area contributed by atoms with Crippen LogP contribution in [0.5, 0.6) is 0 Å². The normalized spacial score (nSPS) is 13.2. The van der Waals surface area contributed by atoms with Crippen LogP contribution in [-0.2, 0) is 5.41 Å². The van der Waals surface area contributed by atoms with E-state index in [1.807, 2.05) is 42.5 Å². The lowest BCUT2D eigenvalue weighted by atomic mass is 9.82. The lowest BCUT2D eigenvalue weighted by Gasteiger charge is -2.23. The third-order valence-corrected chi connectivity index (χ3v) is 8.66. The number of anilines is 2. The summed E-state index contributed by atoms with van der Waals surface area (Å²) in [7, 11) is 0. The maximum absolute atomic E-state index is 7.02. The van der Waals surface area contributed by atoms with Crippen LogP contribution in [0.4, 0.5) is 11.4 Å². The third kappa shape index (κ3) is 3.34. The van der Waals surface area contributed by atoms with E-state index >= 15 is 0 Å². The highest BCUT2D eigenvalue weighted by Crippen LogP contribution is 2.50. The van der Waals surface area contributed by atoms with Crippen molar-refractivity contribution in [2.75, 3.05) is 11.5 Å². The summed E-state index contributed by atoms with van der Waals surface area (Å²) in [5, 5.41) is 0.976. The molecule has 0 aliphatic heterocycles. The Kier molecular flexibility index (Phi) is 5.38. The summed E-state index contributed by atoms with van der Waals surface area (Å²) in [4.78, 5) is 0. The molecular formula is C37H32N4. The monoisotopic (exact) mass is 532 g/mol. The number of nitrogens with zero attached hydrogens (tertiary/aromatic N) is 2. The fraction of sp³-hybridized carbons (Fsp3) is 0.0811. The summed E-state index contributed by atoms with van der Waals surface area (Å²) in [6.45, 7) is 12.9. The molecule has 6 aromatic rings. The SMILES string of the molecule is C=Cc1c(N)c(-c2c(N)c3ccccc3n2-c2ccccc2)n(-c2ccc3c(c2)C(C)(C)c2ccccc2-3)c1C=C. The van der Waals surface area contributed by atoms with Crippen molar-refractivity contribution in [1.29, 1.82) is 0 Å². The van der Waals surface area contributed by atoms with E-state index < -0.39 is 0 Å². The average molecular weight is 533 g/mol. The Morgan fingerprint density at radius 1 is 0.634 bits per heavy atom. The lowest BCUT2D eigenvalue weighted by Crippen LogP contribution is -2.15. The van der Waals surface area contributed by atoms with Crippen molar-refractivity contribution < 1.29 is 0 Å². The van der Waals surface area contributed by atoms with Crippen LogP contribution in [0.1, 0.15) is 36.2 Å². The van der Waals surface area contributed by atoms with E-state index in [-0.39, 0.29) is 5.41 Å². The molecule has 0 saturated carbocycles. The molecule has 2 aromatic heterocycles. The first-order valence-corrected chi connectivity index (χ1v) is 13.9. The van der Waals surface area contributed by atoms with Crippen molar-refractivity contribution in [3.63, 3.8) is 0 Å². The fourth-order valence-electron chi connectivity index (χ4n) is 6.72. The Bertz CT molecular complexity index is 2020. The van der Waals surface area contributed by atoms with Crippen LogP contribution in [0.15, 0.2) is 110 Å². The molecule has 4 nitrogen and oxygen atoms in total. The van der Waals surface area contributed by atoms with Gasteiger partial charge in [0.2, 0.25) is 0 Å². The number of rotatable bonds is 5. The molecule has 4 heteroatoms. The number of nitrogen functional groups attached to an aromatic ring is 2. The number of benzene rings is 4. The van der Waals surface area contributed by atoms with Gasteiger partial charge in [0, 0.05) is 27.7 Å². The molecule has 2 heterocycles. The number of fused-ring (bicyclic) bond motifs is 4. The van der Waals surface area contributed by atoms with Crippen LogP contribution in [0.2, 0.25) is 0 Å². The van der Waals surface area contributed by atoms with Crippen molar-refractivity contribution >= 4 is 34.4 Å². The quantitative estimate of drug-likeness (QED) is 0.233. The van der Waals surface area contributed by atoms with Gasteiger partial charge in [-0.15, -0.1) is 0 Å². The van der Waals surface area contributed by atoms with Gasteiger partial charge in [0.1, 0.15) is 0 Å². The zero-order chi connectivity index (χ0) is 28.5. The summed E-state index contributed by atoms with van der Waals surface area (Å²) in [5.41, 5.74) is 26.8. The lowest BCUT2D eigenvalue weighted by molar-refractivity contribution is 0.659. The zero-order valence-corrected chi connectivity index (χ0v) is 23.4. The smallest absolute Gasteiger partial charge is 0.0964 e. The highest BCUT2D eigenvalue weighted by atomic mass is 15.1. The predicted octanol–water partition coefficient (Wildman–Crippen LogP) is 8.84. The standard InChI is InChI=1S/C37H32N4/c1-5-25-31(6-2)41(24-20-21-27-26-16-10-12-18-29(26)37(3,4)30(27)22-24)35(33(25)38)36-34(39)28-17-11-13-19-32(28)40(36)23-14-8-7-9-15-23/h5-22H,1-2,38-39H2,3-4H3. The molecule has 1 aliphatic carbocycles. The molecule has 7 rings (SSSR count). The minimum Gasteiger partial charge on any atom is -0.396 e. The zero-order valence-electron chi connectivity index (χ0n) is 23.4. The molecule has 200 valence electrons. The second-order valence-electron chi connectivity index (χ2n) is 11.2. The van der Waals surface area contributed by atoms with Crippen molar-refractivity contribution in [2.45, 2.75) is 19.3 Å². The van der Waals surface area contributed by atoms with Crippen molar-refractivity contribution in [3.8, 4) is 33.9 Å². The van der Waals surface area contributed by atoms with Gasteiger partial charge in [-0.1, -0.05) is 99.8 Å². The van der Waals surface area contributed by atoms with Crippen LogP contribution in [0, 0.1) is 0 Å². The van der Waals surface area contributed by atoms with E-state index in [0.717, 1.165) is 44.9 Å². The second kappa shape index (κ2) is 8.90. The first-order valence-electron chi connectivity index (χ1n) is 13.9. The maximum Gasteiger partial charge on any atom is 0.0964 e. The minimum absolute atomic E-state index is 0.144. The van der Waals surface area contributed by atoms with Crippen LogP contribution >= 0.6 is 0 Å². The Balaban J connectivity index is 1.59. The minimum atomic E-state index is -0.144. The van der Waals surface area contributed by atoms with Crippen LogP contribution in [0.3, 0.4) is 0 Å². The molecule has 0 spiro atoms. The van der Waals surface area contributed by atoms with E-state index in [2.05, 4.69) is 103 Å². The Labute approximate surface area is 240 Å². The molecule has 0 amide bonds. The topological polar surface area (TPSA) is 61.9 Å². The van der Waals surface area contributed by atoms with E-state index in [1.54, 1.807) is 0 Å². The van der Waals surface area contributed by atoms with E-state index in [4.69, 9.17) is 11.5 Å². The molecule has 0 fully saturated rings. The molecule has 0 bridgehead atoms. The van der Waals surface area contributed by atoms with Gasteiger partial charge in [0.05, 0.1) is 34.0 Å². The molecule has 0 unspecified atom stereocenters. The second-order valence-corrected chi connectivity index (χ2v) is 11.2. The number of hydrogen-bond donors (Lipinski definition) is 2. The highest BCUT2D eigenvalue weighted by Gasteiger charge is 2.36. The first kappa shape index (κ1) is 24.8. The van der Waals surface area contributed by atoms with E-state index in [0.29, 0.717) is 11.4 Å². The van der Waals surface area contributed by atoms with Crippen LogP contribution < -0.4 is 11.5 Å². The predicted molar refractivity (Wildman–Crippen MR) is 175 cm³/mol. The fourth-order valence-corrected chi connectivity index (χ4v) is 6.72. The van der Waals surface area contributed by atoms with Crippen LogP contribution in [0.25, 0.3) is 56.9 Å². The molecule has 0 radical (unpaired) electrons.